The first kappa shape index (κ1) is 16.8. The fraction of sp³-hybridized carbons (Fsp3) is 0.333. The van der Waals surface area contributed by atoms with Gasteiger partial charge in [-0.15, -0.1) is 0 Å². The van der Waals surface area contributed by atoms with Crippen LogP contribution in [-0.2, 0) is 12.7 Å². The number of aliphatic hydroxyl groups is 1. The average molecular weight is 337 g/mol. The zero-order valence-corrected chi connectivity index (χ0v) is 12.9. The summed E-state index contributed by atoms with van der Waals surface area (Å²) in [6.07, 6.45) is 0.537. The number of alkyl halides is 3. The maximum absolute atomic E-state index is 12.6. The van der Waals surface area contributed by atoms with Gasteiger partial charge in [-0.3, -0.25) is 0 Å². The van der Waals surface area contributed by atoms with E-state index in [4.69, 9.17) is 9.52 Å². The Hall–Kier alpha value is -2.05. The Morgan fingerprint density at radius 3 is 2.46 bits per heavy atom. The molecule has 0 aliphatic heterocycles. The van der Waals surface area contributed by atoms with Gasteiger partial charge >= 0.3 is 6.18 Å². The molecule has 1 heterocycles. The molecule has 1 aromatic carbocycles. The van der Waals surface area contributed by atoms with E-state index in [-0.39, 0.29) is 18.6 Å². The second-order valence-electron chi connectivity index (χ2n) is 5.89. The van der Waals surface area contributed by atoms with Crippen molar-refractivity contribution in [3.63, 3.8) is 0 Å². The second-order valence-corrected chi connectivity index (χ2v) is 5.89. The highest BCUT2D eigenvalue weighted by molar-refractivity contribution is 5.58. The highest BCUT2D eigenvalue weighted by atomic mass is 19.4. The normalized spacial score (nSPS) is 20.7. The molecule has 0 saturated heterocycles. The summed E-state index contributed by atoms with van der Waals surface area (Å²) in [4.78, 5) is 0. The molecule has 128 valence electrons. The average Bonchev–Trinajstić information content (AvgIpc) is 3.21. The van der Waals surface area contributed by atoms with Crippen LogP contribution in [0.1, 0.15) is 17.7 Å². The van der Waals surface area contributed by atoms with Gasteiger partial charge in [-0.05, 0) is 30.7 Å². The van der Waals surface area contributed by atoms with Crippen molar-refractivity contribution in [1.82, 2.24) is 5.32 Å². The molecular weight excluding hydrogens is 319 g/mol. The van der Waals surface area contributed by atoms with E-state index < -0.39 is 11.7 Å². The largest absolute Gasteiger partial charge is 0.460 e. The molecule has 0 bridgehead atoms. The lowest BCUT2D eigenvalue weighted by molar-refractivity contribution is -0.137. The summed E-state index contributed by atoms with van der Waals surface area (Å²) in [7, 11) is 0. The highest BCUT2D eigenvalue weighted by Gasteiger charge is 2.30. The van der Waals surface area contributed by atoms with Gasteiger partial charge < -0.3 is 14.8 Å². The van der Waals surface area contributed by atoms with Crippen LogP contribution in [0, 0.1) is 5.92 Å². The predicted molar refractivity (Wildman–Crippen MR) is 84.1 cm³/mol. The Balaban J connectivity index is 1.60. The minimum atomic E-state index is -4.34. The van der Waals surface area contributed by atoms with Crippen LogP contribution >= 0.6 is 0 Å². The number of hydrogen-bond donors (Lipinski definition) is 2. The van der Waals surface area contributed by atoms with Crippen molar-refractivity contribution in [2.24, 2.45) is 5.92 Å². The highest BCUT2D eigenvalue weighted by Crippen LogP contribution is 2.31. The molecule has 0 saturated carbocycles. The molecule has 2 N–H and O–H groups in total. The molecule has 0 amide bonds. The Morgan fingerprint density at radius 2 is 1.83 bits per heavy atom. The van der Waals surface area contributed by atoms with Crippen molar-refractivity contribution < 1.29 is 22.7 Å². The lowest BCUT2D eigenvalue weighted by Gasteiger charge is -2.11. The minimum absolute atomic E-state index is 0.146. The first-order valence-corrected chi connectivity index (χ1v) is 7.74. The Morgan fingerprint density at radius 1 is 1.08 bits per heavy atom. The Bertz CT molecular complexity index is 704. The summed E-state index contributed by atoms with van der Waals surface area (Å²) < 4.78 is 43.4. The molecule has 0 unspecified atom stereocenters. The summed E-state index contributed by atoms with van der Waals surface area (Å²) in [6, 6.07) is 8.67. The number of aliphatic hydroxyl groups excluding tert-OH is 1. The molecule has 2 aromatic rings. The van der Waals surface area contributed by atoms with Crippen molar-refractivity contribution in [2.75, 3.05) is 6.61 Å². The molecule has 6 heteroatoms. The van der Waals surface area contributed by atoms with Crippen LogP contribution < -0.4 is 5.32 Å². The van der Waals surface area contributed by atoms with Gasteiger partial charge in [-0.2, -0.15) is 13.2 Å². The molecule has 0 spiro atoms. The summed E-state index contributed by atoms with van der Waals surface area (Å²) in [5, 5.41) is 12.4. The van der Waals surface area contributed by atoms with E-state index in [0.717, 1.165) is 18.6 Å². The van der Waals surface area contributed by atoms with E-state index >= 15 is 0 Å². The monoisotopic (exact) mass is 337 g/mol. The van der Waals surface area contributed by atoms with Crippen molar-refractivity contribution in [3.05, 3.63) is 59.9 Å². The summed E-state index contributed by atoms with van der Waals surface area (Å²) in [5.41, 5.74) is -0.0680. The van der Waals surface area contributed by atoms with Gasteiger partial charge in [-0.25, -0.2) is 0 Å². The van der Waals surface area contributed by atoms with Gasteiger partial charge in [0.2, 0.25) is 0 Å². The van der Waals surface area contributed by atoms with E-state index in [1.165, 1.54) is 12.1 Å². The SMILES string of the molecule is OC[C@H]1C=C[C@@H](NCc2ccc(-c3ccc(C(F)(F)F)cc3)o2)C1. The molecule has 3 nitrogen and oxygen atoms in total. The lowest BCUT2D eigenvalue weighted by Crippen LogP contribution is -2.25. The van der Waals surface area contributed by atoms with Crippen LogP contribution in [0.3, 0.4) is 0 Å². The van der Waals surface area contributed by atoms with Crippen LogP contribution in [0.15, 0.2) is 53.0 Å². The van der Waals surface area contributed by atoms with E-state index in [1.54, 1.807) is 6.07 Å². The van der Waals surface area contributed by atoms with Gasteiger partial charge in [-0.1, -0.05) is 24.3 Å². The molecule has 2 atom stereocenters. The van der Waals surface area contributed by atoms with Crippen LogP contribution in [-0.4, -0.2) is 17.8 Å². The third kappa shape index (κ3) is 3.88. The molecule has 24 heavy (non-hydrogen) atoms. The fourth-order valence-electron chi connectivity index (χ4n) is 2.74. The van der Waals surface area contributed by atoms with Gasteiger partial charge in [0.05, 0.1) is 12.1 Å². The maximum Gasteiger partial charge on any atom is 0.416 e. The van der Waals surface area contributed by atoms with Gasteiger partial charge in [0, 0.05) is 24.1 Å². The third-order valence-corrected chi connectivity index (χ3v) is 4.10. The minimum Gasteiger partial charge on any atom is -0.460 e. The standard InChI is InChI=1S/C18H18F3NO2/c19-18(20,21)14-4-2-13(3-5-14)17-8-7-16(24-17)10-22-15-6-1-12(9-15)11-23/h1-8,12,15,22-23H,9-11H2/t12-,15+/m0/s1. The summed E-state index contributed by atoms with van der Waals surface area (Å²) >= 11 is 0. The molecule has 0 radical (unpaired) electrons. The van der Waals surface area contributed by atoms with Crippen LogP contribution in [0.25, 0.3) is 11.3 Å². The van der Waals surface area contributed by atoms with Crippen molar-refractivity contribution in [2.45, 2.75) is 25.2 Å². The fourth-order valence-corrected chi connectivity index (χ4v) is 2.74. The molecule has 0 fully saturated rings. The number of rotatable bonds is 5. The summed E-state index contributed by atoms with van der Waals surface area (Å²) in [5.74, 6) is 1.45. The number of nitrogens with one attached hydrogen (secondary N) is 1. The predicted octanol–water partition coefficient (Wildman–Crippen LogP) is 3.99. The zero-order valence-electron chi connectivity index (χ0n) is 12.9. The van der Waals surface area contributed by atoms with E-state index in [9.17, 15) is 13.2 Å². The van der Waals surface area contributed by atoms with Crippen molar-refractivity contribution in [1.29, 1.82) is 0 Å². The first-order valence-electron chi connectivity index (χ1n) is 7.74. The van der Waals surface area contributed by atoms with E-state index in [1.807, 2.05) is 18.2 Å². The molecule has 3 rings (SSSR count). The lowest BCUT2D eigenvalue weighted by atomic mass is 10.1. The number of benzene rings is 1. The number of furan rings is 1. The number of hydrogen-bond acceptors (Lipinski definition) is 3. The smallest absolute Gasteiger partial charge is 0.416 e. The Kier molecular flexibility index (Phi) is 4.78. The van der Waals surface area contributed by atoms with Crippen LogP contribution in [0.2, 0.25) is 0 Å². The van der Waals surface area contributed by atoms with Crippen molar-refractivity contribution in [3.8, 4) is 11.3 Å². The zero-order chi connectivity index (χ0) is 17.2. The molecule has 1 aliphatic carbocycles. The van der Waals surface area contributed by atoms with Crippen LogP contribution in [0.4, 0.5) is 13.2 Å². The first-order chi connectivity index (χ1) is 11.5. The second kappa shape index (κ2) is 6.83. The maximum atomic E-state index is 12.6. The third-order valence-electron chi connectivity index (χ3n) is 4.10. The summed E-state index contributed by atoms with van der Waals surface area (Å²) in [6.45, 7) is 0.668. The number of halogens is 3. The molecular formula is C18H18F3NO2. The van der Waals surface area contributed by atoms with E-state index in [2.05, 4.69) is 5.32 Å². The Labute approximate surface area is 137 Å². The topological polar surface area (TPSA) is 45.4 Å². The van der Waals surface area contributed by atoms with Gasteiger partial charge in [0.25, 0.3) is 0 Å². The van der Waals surface area contributed by atoms with Crippen LogP contribution in [0.5, 0.6) is 0 Å². The molecule has 1 aliphatic rings. The van der Waals surface area contributed by atoms with Crippen molar-refractivity contribution >= 4 is 0 Å². The van der Waals surface area contributed by atoms with Gasteiger partial charge in [0.1, 0.15) is 11.5 Å². The quantitative estimate of drug-likeness (QED) is 0.811. The molecule has 1 aromatic heterocycles. The van der Waals surface area contributed by atoms with E-state index in [0.29, 0.717) is 23.6 Å². The van der Waals surface area contributed by atoms with Gasteiger partial charge in [0.15, 0.2) is 0 Å².